The van der Waals surface area contributed by atoms with Crippen molar-refractivity contribution in [1.82, 2.24) is 9.78 Å². The molecule has 0 aromatic carbocycles. The van der Waals surface area contributed by atoms with Crippen molar-refractivity contribution in [2.75, 3.05) is 0 Å². The summed E-state index contributed by atoms with van der Waals surface area (Å²) in [4.78, 5) is 10.7. The van der Waals surface area contributed by atoms with Gasteiger partial charge in [-0.05, 0) is 24.8 Å². The molecule has 0 aliphatic carbocycles. The van der Waals surface area contributed by atoms with Crippen LogP contribution in [0.15, 0.2) is 6.07 Å². The predicted molar refractivity (Wildman–Crippen MR) is 57.7 cm³/mol. The van der Waals surface area contributed by atoms with Crippen molar-refractivity contribution < 1.29 is 9.90 Å². The van der Waals surface area contributed by atoms with E-state index in [2.05, 4.69) is 5.10 Å². The van der Waals surface area contributed by atoms with Gasteiger partial charge in [0.15, 0.2) is 0 Å². The van der Waals surface area contributed by atoms with Crippen molar-refractivity contribution in [3.63, 3.8) is 0 Å². The molecule has 0 atom stereocenters. The lowest BCUT2D eigenvalue weighted by Crippen LogP contribution is -2.21. The highest BCUT2D eigenvalue weighted by molar-refractivity contribution is 5.67. The van der Waals surface area contributed by atoms with E-state index >= 15 is 0 Å². The molecule has 0 amide bonds. The van der Waals surface area contributed by atoms with E-state index in [1.54, 1.807) is 0 Å². The third-order valence-electron chi connectivity index (χ3n) is 2.39. The maximum absolute atomic E-state index is 10.7. The number of aliphatic carboxylic acids is 1. The highest BCUT2D eigenvalue weighted by atomic mass is 16.4. The van der Waals surface area contributed by atoms with E-state index in [0.717, 1.165) is 17.8 Å². The second kappa shape index (κ2) is 4.04. The minimum Gasteiger partial charge on any atom is -0.481 e. The summed E-state index contributed by atoms with van der Waals surface area (Å²) in [5.41, 5.74) is 1.82. The number of carboxylic acid groups (broad SMARTS) is 1. The number of aromatic nitrogens is 2. The summed E-state index contributed by atoms with van der Waals surface area (Å²) in [6.07, 6.45) is 0.911. The van der Waals surface area contributed by atoms with Crippen molar-refractivity contribution >= 4 is 5.97 Å². The van der Waals surface area contributed by atoms with E-state index in [9.17, 15) is 4.79 Å². The van der Waals surface area contributed by atoms with E-state index in [-0.39, 0.29) is 11.8 Å². The van der Waals surface area contributed by atoms with Crippen LogP contribution in [0.1, 0.15) is 31.7 Å². The highest BCUT2D eigenvalue weighted by Gasteiger charge is 2.23. The zero-order chi connectivity index (χ0) is 11.6. The standard InChI is InChI=1S/C11H18N2O2/c1-8-5-9(13(4)12-8)6-11(2,3)7-10(14)15/h5H,6-7H2,1-4H3,(H,14,15). The topological polar surface area (TPSA) is 55.1 Å². The van der Waals surface area contributed by atoms with E-state index in [1.165, 1.54) is 0 Å². The van der Waals surface area contributed by atoms with Gasteiger partial charge in [-0.2, -0.15) is 5.10 Å². The van der Waals surface area contributed by atoms with Crippen LogP contribution in [-0.4, -0.2) is 20.9 Å². The van der Waals surface area contributed by atoms with Crippen LogP contribution in [0.25, 0.3) is 0 Å². The molecule has 1 rings (SSSR count). The molecule has 4 heteroatoms. The molecule has 0 aliphatic rings. The van der Waals surface area contributed by atoms with Gasteiger partial charge < -0.3 is 5.11 Å². The second-order valence-corrected chi connectivity index (χ2v) is 4.81. The quantitative estimate of drug-likeness (QED) is 0.824. The maximum Gasteiger partial charge on any atom is 0.303 e. The first kappa shape index (κ1) is 11.8. The van der Waals surface area contributed by atoms with Crippen LogP contribution >= 0.6 is 0 Å². The van der Waals surface area contributed by atoms with Crippen LogP contribution in [-0.2, 0) is 18.3 Å². The largest absolute Gasteiger partial charge is 0.481 e. The van der Waals surface area contributed by atoms with Gasteiger partial charge in [0.25, 0.3) is 0 Å². The Balaban J connectivity index is 2.76. The van der Waals surface area contributed by atoms with Gasteiger partial charge in [0.1, 0.15) is 0 Å². The molecule has 1 aromatic rings. The monoisotopic (exact) mass is 210 g/mol. The maximum atomic E-state index is 10.7. The van der Waals surface area contributed by atoms with Crippen molar-refractivity contribution in [2.24, 2.45) is 12.5 Å². The molecule has 0 saturated carbocycles. The minimum absolute atomic E-state index is 0.178. The van der Waals surface area contributed by atoms with Crippen LogP contribution < -0.4 is 0 Å². The Morgan fingerprint density at radius 3 is 2.60 bits per heavy atom. The smallest absolute Gasteiger partial charge is 0.303 e. The molecule has 1 aromatic heterocycles. The summed E-state index contributed by atoms with van der Waals surface area (Å²) in [6.45, 7) is 5.86. The molecular weight excluding hydrogens is 192 g/mol. The normalized spacial score (nSPS) is 11.7. The molecule has 15 heavy (non-hydrogen) atoms. The van der Waals surface area contributed by atoms with E-state index < -0.39 is 5.97 Å². The van der Waals surface area contributed by atoms with Gasteiger partial charge in [-0.1, -0.05) is 13.8 Å². The average Bonchev–Trinajstić information content (AvgIpc) is 2.25. The van der Waals surface area contributed by atoms with Crippen molar-refractivity contribution in [3.05, 3.63) is 17.5 Å². The highest BCUT2D eigenvalue weighted by Crippen LogP contribution is 2.25. The fourth-order valence-corrected chi connectivity index (χ4v) is 1.79. The van der Waals surface area contributed by atoms with E-state index in [1.807, 2.05) is 38.6 Å². The van der Waals surface area contributed by atoms with Gasteiger partial charge in [-0.3, -0.25) is 9.48 Å². The van der Waals surface area contributed by atoms with Crippen molar-refractivity contribution in [3.8, 4) is 0 Å². The first-order valence-electron chi connectivity index (χ1n) is 5.01. The number of hydrogen-bond donors (Lipinski definition) is 1. The van der Waals surface area contributed by atoms with Crippen molar-refractivity contribution in [1.29, 1.82) is 0 Å². The number of carbonyl (C=O) groups is 1. The Morgan fingerprint density at radius 2 is 2.20 bits per heavy atom. The van der Waals surface area contributed by atoms with Crippen LogP contribution in [0.3, 0.4) is 0 Å². The van der Waals surface area contributed by atoms with E-state index in [4.69, 9.17) is 5.11 Å². The fourth-order valence-electron chi connectivity index (χ4n) is 1.79. The molecule has 0 bridgehead atoms. The lowest BCUT2D eigenvalue weighted by Gasteiger charge is -2.21. The number of aryl methyl sites for hydroxylation is 2. The molecular formula is C11H18N2O2. The minimum atomic E-state index is -0.751. The lowest BCUT2D eigenvalue weighted by atomic mass is 9.84. The average molecular weight is 210 g/mol. The first-order chi connectivity index (χ1) is 6.80. The molecule has 1 heterocycles. The summed E-state index contributed by atoms with van der Waals surface area (Å²) in [5, 5.41) is 13.0. The fraction of sp³-hybridized carbons (Fsp3) is 0.636. The first-order valence-corrected chi connectivity index (χ1v) is 5.01. The Bertz CT molecular complexity index is 367. The Kier molecular flexibility index (Phi) is 3.17. The summed E-state index contributed by atoms with van der Waals surface area (Å²) in [7, 11) is 1.89. The Morgan fingerprint density at radius 1 is 1.60 bits per heavy atom. The Hall–Kier alpha value is -1.32. The molecule has 84 valence electrons. The molecule has 0 spiro atoms. The molecule has 4 nitrogen and oxygen atoms in total. The number of hydrogen-bond acceptors (Lipinski definition) is 2. The molecule has 0 unspecified atom stereocenters. The molecule has 0 fully saturated rings. The van der Waals surface area contributed by atoms with Crippen LogP contribution in [0.2, 0.25) is 0 Å². The second-order valence-electron chi connectivity index (χ2n) is 4.81. The molecule has 1 N–H and O–H groups in total. The number of carboxylic acids is 1. The lowest BCUT2D eigenvalue weighted by molar-refractivity contribution is -0.139. The van der Waals surface area contributed by atoms with Gasteiger partial charge in [-0.15, -0.1) is 0 Å². The molecule has 0 saturated heterocycles. The molecule has 0 aliphatic heterocycles. The zero-order valence-electron chi connectivity index (χ0n) is 9.74. The molecule has 0 radical (unpaired) electrons. The van der Waals surface area contributed by atoms with Crippen LogP contribution in [0.4, 0.5) is 0 Å². The summed E-state index contributed by atoms with van der Waals surface area (Å²) in [6, 6.07) is 2.00. The van der Waals surface area contributed by atoms with Gasteiger partial charge in [-0.25, -0.2) is 0 Å². The van der Waals surface area contributed by atoms with Crippen LogP contribution in [0, 0.1) is 12.3 Å². The zero-order valence-corrected chi connectivity index (χ0v) is 9.74. The van der Waals surface area contributed by atoms with Gasteiger partial charge >= 0.3 is 5.97 Å². The van der Waals surface area contributed by atoms with Gasteiger partial charge in [0, 0.05) is 12.7 Å². The van der Waals surface area contributed by atoms with Gasteiger partial charge in [0.2, 0.25) is 0 Å². The number of nitrogens with zero attached hydrogens (tertiary/aromatic N) is 2. The predicted octanol–water partition coefficient (Wildman–Crippen LogP) is 1.77. The summed E-state index contributed by atoms with van der Waals surface area (Å²) >= 11 is 0. The Labute approximate surface area is 89.9 Å². The number of rotatable bonds is 4. The third-order valence-corrected chi connectivity index (χ3v) is 2.39. The van der Waals surface area contributed by atoms with Crippen molar-refractivity contribution in [2.45, 2.75) is 33.6 Å². The SMILES string of the molecule is Cc1cc(CC(C)(C)CC(=O)O)n(C)n1. The van der Waals surface area contributed by atoms with E-state index in [0.29, 0.717) is 0 Å². The van der Waals surface area contributed by atoms with Crippen LogP contribution in [0.5, 0.6) is 0 Å². The summed E-state index contributed by atoms with van der Waals surface area (Å²) < 4.78 is 1.82. The van der Waals surface area contributed by atoms with Gasteiger partial charge in [0.05, 0.1) is 12.1 Å². The summed E-state index contributed by atoms with van der Waals surface area (Å²) in [5.74, 6) is -0.751. The third kappa shape index (κ3) is 3.38.